The van der Waals surface area contributed by atoms with E-state index in [9.17, 15) is 18.0 Å². The molecule has 0 aliphatic rings. The van der Waals surface area contributed by atoms with Crippen LogP contribution < -0.4 is 0 Å². The zero-order valence-corrected chi connectivity index (χ0v) is 15.5. The van der Waals surface area contributed by atoms with Crippen LogP contribution in [-0.2, 0) is 23.3 Å². The van der Waals surface area contributed by atoms with Gasteiger partial charge in [0.05, 0.1) is 16.9 Å². The fourth-order valence-electron chi connectivity index (χ4n) is 2.36. The zero-order valence-electron chi connectivity index (χ0n) is 14.7. The number of rotatable bonds is 6. The van der Waals surface area contributed by atoms with Gasteiger partial charge in [-0.3, -0.25) is 0 Å². The van der Waals surface area contributed by atoms with E-state index in [-0.39, 0.29) is 12.2 Å². The topological polar surface area (TPSA) is 65.2 Å². The van der Waals surface area contributed by atoms with Gasteiger partial charge in [-0.25, -0.2) is 4.79 Å². The molecule has 9 heteroatoms. The van der Waals surface area contributed by atoms with Crippen molar-refractivity contribution in [3.63, 3.8) is 0 Å². The molecule has 28 heavy (non-hydrogen) atoms. The Labute approximate surface area is 162 Å². The fraction of sp³-hybridized carbons (Fsp3) is 0.211. The maximum absolute atomic E-state index is 12.8. The van der Waals surface area contributed by atoms with Gasteiger partial charge in [-0.05, 0) is 36.8 Å². The van der Waals surface area contributed by atoms with E-state index in [0.717, 1.165) is 12.1 Å². The molecule has 5 nitrogen and oxygen atoms in total. The summed E-state index contributed by atoms with van der Waals surface area (Å²) in [7, 11) is 0. The highest BCUT2D eigenvalue weighted by atomic mass is 32.2. The number of aromatic nitrogens is 2. The summed E-state index contributed by atoms with van der Waals surface area (Å²) in [5.74, 6) is 0.694. The highest BCUT2D eigenvalue weighted by molar-refractivity contribution is 7.98. The molecule has 0 saturated heterocycles. The number of benzene rings is 2. The summed E-state index contributed by atoms with van der Waals surface area (Å²) in [5.41, 5.74) is -0.211. The lowest BCUT2D eigenvalue weighted by Gasteiger charge is -2.11. The van der Waals surface area contributed by atoms with E-state index >= 15 is 0 Å². The average Bonchev–Trinajstić information content (AvgIpc) is 3.09. The summed E-state index contributed by atoms with van der Waals surface area (Å²) >= 11 is 1.32. The Kier molecular flexibility index (Phi) is 6.03. The normalized spacial score (nSPS) is 11.4. The number of nitrogens with zero attached hydrogens (tertiary/aromatic N) is 2. The van der Waals surface area contributed by atoms with Gasteiger partial charge in [-0.15, -0.1) is 11.8 Å². The van der Waals surface area contributed by atoms with Crippen molar-refractivity contribution < 1.29 is 27.2 Å². The Morgan fingerprint density at radius 3 is 2.68 bits per heavy atom. The minimum atomic E-state index is -4.45. The molecule has 0 aliphatic carbocycles. The molecular formula is C19H15F3N2O3S. The van der Waals surface area contributed by atoms with E-state index in [1.165, 1.54) is 23.9 Å². The Morgan fingerprint density at radius 2 is 1.96 bits per heavy atom. The Hall–Kier alpha value is -2.81. The average molecular weight is 408 g/mol. The van der Waals surface area contributed by atoms with E-state index in [1.807, 2.05) is 0 Å². The van der Waals surface area contributed by atoms with Crippen molar-refractivity contribution in [2.24, 2.45) is 0 Å². The Morgan fingerprint density at radius 1 is 1.18 bits per heavy atom. The maximum Gasteiger partial charge on any atom is 0.416 e. The quantitative estimate of drug-likeness (QED) is 0.420. The molecule has 3 aromatic rings. The Balaban J connectivity index is 1.66. The van der Waals surface area contributed by atoms with Gasteiger partial charge in [0.1, 0.15) is 6.61 Å². The molecule has 3 rings (SSSR count). The van der Waals surface area contributed by atoms with Crippen LogP contribution in [0.5, 0.6) is 0 Å². The molecule has 0 aliphatic heterocycles. The monoisotopic (exact) mass is 408 g/mol. The minimum Gasteiger partial charge on any atom is -0.457 e. The molecule has 0 atom stereocenters. The second-order valence-corrected chi connectivity index (χ2v) is 6.81. The van der Waals surface area contributed by atoms with E-state index in [2.05, 4.69) is 10.1 Å². The van der Waals surface area contributed by atoms with Crippen LogP contribution in [0.2, 0.25) is 0 Å². The first-order valence-corrected chi connectivity index (χ1v) is 9.16. The molecule has 0 spiro atoms. The molecule has 0 fully saturated rings. The standard InChI is InChI=1S/C19H15F3N2O3S/c1-12-23-17(27-24-12)11-28-16-8-3-2-7-15(16)18(25)26-10-13-5-4-6-14(9-13)19(20,21)22/h2-9H,10-11H2,1H3. The number of aryl methyl sites for hydroxylation is 1. The number of ether oxygens (including phenoxy) is 1. The van der Waals surface area contributed by atoms with Gasteiger partial charge in [-0.1, -0.05) is 29.4 Å². The van der Waals surface area contributed by atoms with Crippen LogP contribution in [-0.4, -0.2) is 16.1 Å². The third kappa shape index (κ3) is 5.13. The van der Waals surface area contributed by atoms with Crippen molar-refractivity contribution in [1.29, 1.82) is 0 Å². The molecule has 0 unspecified atom stereocenters. The van der Waals surface area contributed by atoms with Crippen molar-refractivity contribution in [2.75, 3.05) is 0 Å². The third-order valence-corrected chi connectivity index (χ3v) is 4.71. The summed E-state index contributed by atoms with van der Waals surface area (Å²) in [5, 5.41) is 3.70. The number of esters is 1. The van der Waals surface area contributed by atoms with Crippen LogP contribution in [0.4, 0.5) is 13.2 Å². The van der Waals surface area contributed by atoms with Gasteiger partial charge in [0.25, 0.3) is 0 Å². The van der Waals surface area contributed by atoms with Gasteiger partial charge in [0.2, 0.25) is 5.89 Å². The summed E-state index contributed by atoms with van der Waals surface area (Å²) < 4.78 is 48.6. The van der Waals surface area contributed by atoms with Crippen molar-refractivity contribution in [2.45, 2.75) is 30.4 Å². The van der Waals surface area contributed by atoms with E-state index < -0.39 is 17.7 Å². The predicted molar refractivity (Wildman–Crippen MR) is 95.6 cm³/mol. The summed E-state index contributed by atoms with van der Waals surface area (Å²) in [4.78, 5) is 17.2. The number of hydrogen-bond acceptors (Lipinski definition) is 6. The fourth-order valence-corrected chi connectivity index (χ4v) is 3.24. The highest BCUT2D eigenvalue weighted by Gasteiger charge is 2.30. The minimum absolute atomic E-state index is 0.259. The van der Waals surface area contributed by atoms with Crippen molar-refractivity contribution in [3.8, 4) is 0 Å². The number of carbonyl (C=O) groups excluding carboxylic acids is 1. The SMILES string of the molecule is Cc1noc(CSc2ccccc2C(=O)OCc2cccc(C(F)(F)F)c2)n1. The van der Waals surface area contributed by atoms with Crippen molar-refractivity contribution >= 4 is 17.7 Å². The van der Waals surface area contributed by atoms with Crippen LogP contribution >= 0.6 is 11.8 Å². The van der Waals surface area contributed by atoms with Crippen molar-refractivity contribution in [3.05, 3.63) is 76.9 Å². The molecular weight excluding hydrogens is 393 g/mol. The molecule has 146 valence electrons. The van der Waals surface area contributed by atoms with Gasteiger partial charge in [-0.2, -0.15) is 18.2 Å². The lowest BCUT2D eigenvalue weighted by atomic mass is 10.1. The lowest BCUT2D eigenvalue weighted by Crippen LogP contribution is -2.08. The molecule has 1 heterocycles. The molecule has 0 N–H and O–H groups in total. The number of hydrogen-bond donors (Lipinski definition) is 0. The number of carbonyl (C=O) groups is 1. The van der Waals surface area contributed by atoms with Gasteiger partial charge < -0.3 is 9.26 Å². The van der Waals surface area contributed by atoms with Crippen LogP contribution in [0.3, 0.4) is 0 Å². The largest absolute Gasteiger partial charge is 0.457 e. The maximum atomic E-state index is 12.8. The van der Waals surface area contributed by atoms with Crippen molar-refractivity contribution in [1.82, 2.24) is 10.1 Å². The molecule has 2 aromatic carbocycles. The second kappa shape index (κ2) is 8.47. The molecule has 0 radical (unpaired) electrons. The van der Waals surface area contributed by atoms with E-state index in [4.69, 9.17) is 9.26 Å². The first-order valence-electron chi connectivity index (χ1n) is 8.17. The van der Waals surface area contributed by atoms with Crippen LogP contribution in [0.25, 0.3) is 0 Å². The van der Waals surface area contributed by atoms with Gasteiger partial charge in [0, 0.05) is 4.90 Å². The first-order chi connectivity index (χ1) is 13.3. The zero-order chi connectivity index (χ0) is 20.1. The van der Waals surface area contributed by atoms with E-state index in [1.54, 1.807) is 31.2 Å². The van der Waals surface area contributed by atoms with Crippen LogP contribution in [0.15, 0.2) is 57.9 Å². The molecule has 1 aromatic heterocycles. The van der Waals surface area contributed by atoms with Gasteiger partial charge >= 0.3 is 12.1 Å². The molecule has 0 saturated carbocycles. The predicted octanol–water partition coefficient (Wildman–Crippen LogP) is 5.05. The smallest absolute Gasteiger partial charge is 0.416 e. The summed E-state index contributed by atoms with van der Waals surface area (Å²) in [6, 6.07) is 11.5. The number of thioether (sulfide) groups is 1. The lowest BCUT2D eigenvalue weighted by molar-refractivity contribution is -0.137. The van der Waals surface area contributed by atoms with Crippen LogP contribution in [0.1, 0.15) is 33.2 Å². The number of alkyl halides is 3. The third-order valence-electron chi connectivity index (χ3n) is 3.65. The summed E-state index contributed by atoms with van der Waals surface area (Å²) in [6.07, 6.45) is -4.45. The Bertz CT molecular complexity index is 973. The van der Waals surface area contributed by atoms with Crippen LogP contribution in [0, 0.1) is 6.92 Å². The molecule has 0 bridgehead atoms. The molecule has 0 amide bonds. The first kappa shape index (κ1) is 19.9. The van der Waals surface area contributed by atoms with Gasteiger partial charge in [0.15, 0.2) is 5.82 Å². The number of halogens is 3. The highest BCUT2D eigenvalue weighted by Crippen LogP contribution is 2.30. The second-order valence-electron chi connectivity index (χ2n) is 5.79. The van der Waals surface area contributed by atoms with E-state index in [0.29, 0.717) is 27.9 Å². The summed E-state index contributed by atoms with van der Waals surface area (Å²) in [6.45, 7) is 1.45.